The summed E-state index contributed by atoms with van der Waals surface area (Å²) in [5.41, 5.74) is 3.32. The number of hydrogen-bond donors (Lipinski definition) is 1. The molecule has 1 N–H and O–H groups in total. The van der Waals surface area contributed by atoms with Gasteiger partial charge in [-0.2, -0.15) is 4.31 Å². The fraction of sp³-hybridized carbons (Fsp3) is 0.300. The smallest absolute Gasteiger partial charge is 0.253 e. The summed E-state index contributed by atoms with van der Waals surface area (Å²) < 4.78 is 27.4. The van der Waals surface area contributed by atoms with Crippen LogP contribution in [0.4, 0.5) is 5.13 Å². The molecule has 1 saturated heterocycles. The lowest BCUT2D eigenvalue weighted by molar-refractivity contribution is -0.119. The van der Waals surface area contributed by atoms with Crippen LogP contribution in [-0.2, 0) is 27.7 Å². The van der Waals surface area contributed by atoms with Crippen molar-refractivity contribution in [2.75, 3.05) is 11.9 Å². The van der Waals surface area contributed by atoms with Gasteiger partial charge in [-0.05, 0) is 42.7 Å². The van der Waals surface area contributed by atoms with Gasteiger partial charge >= 0.3 is 0 Å². The quantitative estimate of drug-likeness (QED) is 0.663. The van der Waals surface area contributed by atoms with Crippen molar-refractivity contribution < 1.29 is 13.2 Å². The van der Waals surface area contributed by atoms with Gasteiger partial charge in [-0.25, -0.2) is 13.4 Å². The average molecular weight is 446 g/mol. The molecule has 2 aliphatic rings. The third kappa shape index (κ3) is 3.31. The first-order valence-corrected chi connectivity index (χ1v) is 12.6. The molecule has 1 aliphatic carbocycles. The highest BCUT2D eigenvalue weighted by atomic mass is 32.2. The van der Waals surface area contributed by atoms with Crippen LogP contribution in [0, 0.1) is 0 Å². The Morgan fingerprint density at radius 1 is 1.17 bits per heavy atom. The van der Waals surface area contributed by atoms with Crippen LogP contribution < -0.4 is 5.32 Å². The van der Waals surface area contributed by atoms with E-state index in [2.05, 4.69) is 22.4 Å². The molecule has 0 spiro atoms. The van der Waals surface area contributed by atoms with Gasteiger partial charge in [0, 0.05) is 17.0 Å². The number of nitrogens with zero attached hydrogens (tertiary/aromatic N) is 2. The van der Waals surface area contributed by atoms with Crippen molar-refractivity contribution in [1.82, 2.24) is 9.29 Å². The molecule has 0 radical (unpaired) electrons. The maximum Gasteiger partial charge on any atom is 0.253 e. The lowest BCUT2D eigenvalue weighted by Crippen LogP contribution is -2.42. The summed E-state index contributed by atoms with van der Waals surface area (Å²) in [6.45, 7) is 0.361. The summed E-state index contributed by atoms with van der Waals surface area (Å²) in [5, 5.41) is 5.16. The number of thiophene rings is 1. The number of carbonyl (C=O) groups excluding carboxylic acids is 1. The van der Waals surface area contributed by atoms with Gasteiger partial charge in [0.25, 0.3) is 10.0 Å². The van der Waals surface area contributed by atoms with Crippen molar-refractivity contribution in [3.8, 4) is 11.3 Å². The molecule has 1 amide bonds. The number of hydrogen-bond acceptors (Lipinski definition) is 6. The van der Waals surface area contributed by atoms with Gasteiger partial charge in [-0.15, -0.1) is 22.7 Å². The van der Waals surface area contributed by atoms with Gasteiger partial charge in [0.2, 0.25) is 5.91 Å². The third-order valence-electron chi connectivity index (χ3n) is 5.39. The second-order valence-electron chi connectivity index (χ2n) is 7.14. The van der Waals surface area contributed by atoms with Crippen LogP contribution in [0.1, 0.15) is 23.3 Å². The predicted octanol–water partition coefficient (Wildman–Crippen LogP) is 3.76. The van der Waals surface area contributed by atoms with Crippen LogP contribution in [0.5, 0.6) is 0 Å². The zero-order valence-electron chi connectivity index (χ0n) is 15.5. The highest BCUT2D eigenvalue weighted by Gasteiger charge is 2.40. The Morgan fingerprint density at radius 2 is 2.03 bits per heavy atom. The maximum absolute atomic E-state index is 13.0. The summed E-state index contributed by atoms with van der Waals surface area (Å²) in [6, 6.07) is 10.8. The number of benzene rings is 1. The minimum Gasteiger partial charge on any atom is -0.301 e. The van der Waals surface area contributed by atoms with Crippen molar-refractivity contribution >= 4 is 43.7 Å². The van der Waals surface area contributed by atoms with Crippen LogP contribution in [0.25, 0.3) is 11.3 Å². The average Bonchev–Trinajstić information content (AvgIpc) is 3.47. The van der Waals surface area contributed by atoms with E-state index in [4.69, 9.17) is 0 Å². The molecular formula is C20H19N3O3S3. The number of thiazole rings is 1. The number of aryl methyl sites for hydroxylation is 2. The standard InChI is InChI=1S/C20H19N3O3S3/c24-19(15-7-3-11-23(15)29(25,26)17-8-4-12-27-17)22-20-21-18-14-6-2-1-5-13(14)9-10-16(18)28-20/h1-2,4-6,8,12,15H,3,7,9-11H2,(H,21,22,24). The van der Waals surface area contributed by atoms with E-state index in [9.17, 15) is 13.2 Å². The predicted molar refractivity (Wildman–Crippen MR) is 115 cm³/mol. The Kier molecular flexibility index (Phi) is 4.78. The second kappa shape index (κ2) is 7.32. The largest absolute Gasteiger partial charge is 0.301 e. The van der Waals surface area contributed by atoms with E-state index in [1.165, 1.54) is 32.5 Å². The molecule has 9 heteroatoms. The SMILES string of the molecule is O=C(Nc1nc2c(s1)CCc1ccccc1-2)C1CCCN1S(=O)(=O)c1cccs1. The fourth-order valence-electron chi connectivity index (χ4n) is 4.01. The van der Waals surface area contributed by atoms with Gasteiger partial charge in [0.05, 0.1) is 5.69 Å². The first kappa shape index (κ1) is 18.9. The lowest BCUT2D eigenvalue weighted by Gasteiger charge is -2.22. The number of aromatic nitrogens is 1. The molecule has 3 heterocycles. The van der Waals surface area contributed by atoms with E-state index in [0.29, 0.717) is 24.5 Å². The summed E-state index contributed by atoms with van der Waals surface area (Å²) >= 11 is 2.66. The Balaban J connectivity index is 1.38. The van der Waals surface area contributed by atoms with E-state index in [-0.39, 0.29) is 10.1 Å². The summed E-state index contributed by atoms with van der Waals surface area (Å²) in [5.74, 6) is -0.304. The molecule has 5 rings (SSSR count). The highest BCUT2D eigenvalue weighted by molar-refractivity contribution is 7.91. The number of nitrogens with one attached hydrogen (secondary N) is 1. The first-order valence-electron chi connectivity index (χ1n) is 9.48. The molecule has 1 atom stereocenters. The number of amides is 1. The zero-order valence-corrected chi connectivity index (χ0v) is 17.9. The molecule has 1 fully saturated rings. The molecule has 1 aliphatic heterocycles. The van der Waals surface area contributed by atoms with Crippen LogP contribution in [0.3, 0.4) is 0 Å². The molecule has 3 aromatic rings. The number of fused-ring (bicyclic) bond motifs is 3. The molecule has 6 nitrogen and oxygen atoms in total. The van der Waals surface area contributed by atoms with Crippen molar-refractivity contribution in [2.45, 2.75) is 35.9 Å². The van der Waals surface area contributed by atoms with E-state index < -0.39 is 16.1 Å². The summed E-state index contributed by atoms with van der Waals surface area (Å²) in [7, 11) is -3.65. The minimum atomic E-state index is -3.65. The molecule has 29 heavy (non-hydrogen) atoms. The minimum absolute atomic E-state index is 0.276. The lowest BCUT2D eigenvalue weighted by atomic mass is 9.94. The topological polar surface area (TPSA) is 79.4 Å². The van der Waals surface area contributed by atoms with Gasteiger partial charge in [-0.3, -0.25) is 4.79 Å². The maximum atomic E-state index is 13.0. The Hall–Kier alpha value is -2.07. The van der Waals surface area contributed by atoms with E-state index in [1.807, 2.05) is 12.1 Å². The Labute approximate surface area is 177 Å². The monoisotopic (exact) mass is 445 g/mol. The van der Waals surface area contributed by atoms with E-state index in [0.717, 1.165) is 29.0 Å². The molecule has 1 unspecified atom stereocenters. The molecule has 150 valence electrons. The fourth-order valence-corrected chi connectivity index (χ4v) is 7.76. The van der Waals surface area contributed by atoms with Crippen molar-refractivity contribution in [1.29, 1.82) is 0 Å². The second-order valence-corrected chi connectivity index (χ2v) is 11.3. The third-order valence-corrected chi connectivity index (χ3v) is 9.70. The van der Waals surface area contributed by atoms with Crippen molar-refractivity contribution in [3.05, 3.63) is 52.2 Å². The highest BCUT2D eigenvalue weighted by Crippen LogP contribution is 2.38. The van der Waals surface area contributed by atoms with Gasteiger partial charge in [-0.1, -0.05) is 30.3 Å². The molecule has 0 saturated carbocycles. The summed E-state index contributed by atoms with van der Waals surface area (Å²) in [4.78, 5) is 18.8. The van der Waals surface area contributed by atoms with Gasteiger partial charge in [0.15, 0.2) is 5.13 Å². The number of sulfonamides is 1. The van der Waals surface area contributed by atoms with Crippen LogP contribution in [0.2, 0.25) is 0 Å². The Morgan fingerprint density at radius 3 is 2.86 bits per heavy atom. The Bertz CT molecular complexity index is 1170. The van der Waals surface area contributed by atoms with Crippen molar-refractivity contribution in [2.24, 2.45) is 0 Å². The van der Waals surface area contributed by atoms with Gasteiger partial charge < -0.3 is 5.32 Å². The van der Waals surface area contributed by atoms with E-state index >= 15 is 0 Å². The normalized spacial score (nSPS) is 19.0. The molecule has 2 aromatic heterocycles. The zero-order chi connectivity index (χ0) is 20.0. The first-order chi connectivity index (χ1) is 14.0. The van der Waals surface area contributed by atoms with Crippen LogP contribution >= 0.6 is 22.7 Å². The molecular weight excluding hydrogens is 426 g/mol. The van der Waals surface area contributed by atoms with Crippen molar-refractivity contribution in [3.63, 3.8) is 0 Å². The molecule has 0 bridgehead atoms. The van der Waals surface area contributed by atoms with Gasteiger partial charge in [0.1, 0.15) is 10.3 Å². The van der Waals surface area contributed by atoms with Crippen LogP contribution in [0.15, 0.2) is 46.0 Å². The number of carbonyl (C=O) groups is 1. The number of rotatable bonds is 4. The van der Waals surface area contributed by atoms with Crippen LogP contribution in [-0.4, -0.2) is 36.2 Å². The molecule has 1 aromatic carbocycles. The van der Waals surface area contributed by atoms with E-state index in [1.54, 1.807) is 17.5 Å². The summed E-state index contributed by atoms with van der Waals surface area (Å²) in [6.07, 6.45) is 3.06. The number of anilines is 1.